The van der Waals surface area contributed by atoms with Crippen molar-refractivity contribution in [2.45, 2.75) is 12.8 Å². The van der Waals surface area contributed by atoms with E-state index in [1.165, 1.54) is 30.8 Å². The summed E-state index contributed by atoms with van der Waals surface area (Å²) in [4.78, 5) is 15.9. The molecule has 0 amide bonds. The van der Waals surface area contributed by atoms with E-state index in [2.05, 4.69) is 95.9 Å². The predicted octanol–water partition coefficient (Wildman–Crippen LogP) is 8.64. The summed E-state index contributed by atoms with van der Waals surface area (Å²) < 4.78 is 8.27. The second-order valence-corrected chi connectivity index (χ2v) is 12.8. The normalized spacial score (nSPS) is 12.3. The third kappa shape index (κ3) is 4.15. The first-order chi connectivity index (χ1) is 20.2. The van der Waals surface area contributed by atoms with Gasteiger partial charge >= 0.3 is 244 Å². The van der Waals surface area contributed by atoms with Crippen LogP contribution in [0.3, 0.4) is 0 Å². The minimum absolute atomic E-state index is 0.119. The Labute approximate surface area is 243 Å². The maximum absolute atomic E-state index is 13.6. The van der Waals surface area contributed by atoms with Gasteiger partial charge in [0.15, 0.2) is 0 Å². The molecule has 0 saturated carbocycles. The van der Waals surface area contributed by atoms with Gasteiger partial charge in [-0.2, -0.15) is 0 Å². The standard InChI is InChI=1S/C37H25NO2Se/c39-37-30-14-7-8-16-35(30)41-36-23-24-18-26-19-27(34-15-9-17-40-34)22-33(31(26)20-25(24)21-32(36)37)38(28-10-3-1-4-11-28)29-12-5-2-6-13-29/h1-17,19,21-23H,18,20H2. The van der Waals surface area contributed by atoms with Crippen molar-refractivity contribution in [2.24, 2.45) is 0 Å². The van der Waals surface area contributed by atoms with E-state index in [-0.39, 0.29) is 19.9 Å². The van der Waals surface area contributed by atoms with Gasteiger partial charge in [0.2, 0.25) is 0 Å². The Balaban J connectivity index is 1.36. The summed E-state index contributed by atoms with van der Waals surface area (Å²) in [6.07, 6.45) is 3.33. The van der Waals surface area contributed by atoms with Crippen molar-refractivity contribution in [3.8, 4) is 11.3 Å². The molecule has 196 valence electrons. The topological polar surface area (TPSA) is 33.5 Å². The molecule has 2 heterocycles. The van der Waals surface area contributed by atoms with Crippen molar-refractivity contribution in [3.05, 3.63) is 160 Å². The van der Waals surface area contributed by atoms with Gasteiger partial charge < -0.3 is 0 Å². The number of fused-ring (bicyclic) bond motifs is 4. The quantitative estimate of drug-likeness (QED) is 0.151. The monoisotopic (exact) mass is 595 g/mol. The first-order valence-electron chi connectivity index (χ1n) is 13.8. The number of para-hydroxylation sites is 2. The summed E-state index contributed by atoms with van der Waals surface area (Å²) in [6, 6.07) is 42.2. The van der Waals surface area contributed by atoms with E-state index in [1.807, 2.05) is 30.3 Å². The van der Waals surface area contributed by atoms with E-state index >= 15 is 0 Å². The molecule has 1 aliphatic rings. The predicted molar refractivity (Wildman–Crippen MR) is 169 cm³/mol. The molecule has 0 unspecified atom stereocenters. The Hall–Kier alpha value is -4.63. The van der Waals surface area contributed by atoms with Gasteiger partial charge in [-0.3, -0.25) is 0 Å². The molecule has 41 heavy (non-hydrogen) atoms. The summed E-state index contributed by atoms with van der Waals surface area (Å²) in [6.45, 7) is 0. The van der Waals surface area contributed by atoms with Crippen LogP contribution in [-0.2, 0) is 12.8 Å². The molecule has 0 saturated heterocycles. The number of benzene rings is 5. The molecule has 4 heteroatoms. The second kappa shape index (κ2) is 9.78. The van der Waals surface area contributed by atoms with Crippen molar-refractivity contribution in [2.75, 3.05) is 4.90 Å². The Morgan fingerprint density at radius 2 is 1.32 bits per heavy atom. The Morgan fingerprint density at radius 1 is 0.610 bits per heavy atom. The van der Waals surface area contributed by atoms with Crippen molar-refractivity contribution < 1.29 is 4.42 Å². The molecule has 0 bridgehead atoms. The molecule has 0 radical (unpaired) electrons. The van der Waals surface area contributed by atoms with Gasteiger partial charge in [0, 0.05) is 0 Å². The van der Waals surface area contributed by atoms with Crippen LogP contribution in [0.2, 0.25) is 0 Å². The van der Waals surface area contributed by atoms with Crippen LogP contribution in [0.1, 0.15) is 22.3 Å². The van der Waals surface area contributed by atoms with Crippen LogP contribution in [-0.4, -0.2) is 14.5 Å². The number of hydrogen-bond acceptors (Lipinski definition) is 3. The summed E-state index contributed by atoms with van der Waals surface area (Å²) in [5.74, 6) is 0.858. The Bertz CT molecular complexity index is 2070. The molecule has 8 rings (SSSR count). The molecule has 7 aromatic rings. The average molecular weight is 595 g/mol. The molecule has 5 aromatic carbocycles. The van der Waals surface area contributed by atoms with Crippen LogP contribution < -0.4 is 10.3 Å². The van der Waals surface area contributed by atoms with Gasteiger partial charge in [-0.1, -0.05) is 0 Å². The summed E-state index contributed by atoms with van der Waals surface area (Å²) >= 11 is 0.119. The van der Waals surface area contributed by atoms with Crippen LogP contribution in [0.5, 0.6) is 0 Å². The van der Waals surface area contributed by atoms with Crippen LogP contribution in [0.4, 0.5) is 17.1 Å². The molecule has 0 aliphatic heterocycles. The molecule has 0 spiro atoms. The average Bonchev–Trinajstić information content (AvgIpc) is 3.56. The van der Waals surface area contributed by atoms with Crippen LogP contribution >= 0.6 is 0 Å². The van der Waals surface area contributed by atoms with Gasteiger partial charge in [-0.15, -0.1) is 0 Å². The van der Waals surface area contributed by atoms with Gasteiger partial charge in [-0.05, 0) is 0 Å². The number of nitrogens with zero attached hydrogens (tertiary/aromatic N) is 1. The zero-order chi connectivity index (χ0) is 27.3. The van der Waals surface area contributed by atoms with E-state index in [4.69, 9.17) is 4.42 Å². The summed E-state index contributed by atoms with van der Waals surface area (Å²) in [7, 11) is 0. The first kappa shape index (κ1) is 24.2. The second-order valence-electron chi connectivity index (χ2n) is 10.5. The zero-order valence-electron chi connectivity index (χ0n) is 22.2. The number of anilines is 3. The first-order valence-corrected chi connectivity index (χ1v) is 15.5. The molecule has 0 fully saturated rings. The molecular weight excluding hydrogens is 569 g/mol. The number of hydrogen-bond donors (Lipinski definition) is 0. The van der Waals surface area contributed by atoms with E-state index in [9.17, 15) is 4.79 Å². The maximum atomic E-state index is 13.6. The van der Waals surface area contributed by atoms with Crippen molar-refractivity contribution in [3.63, 3.8) is 0 Å². The van der Waals surface area contributed by atoms with E-state index in [0.29, 0.717) is 0 Å². The number of rotatable bonds is 4. The summed E-state index contributed by atoms with van der Waals surface area (Å²) in [5, 5.41) is 1.74. The van der Waals surface area contributed by atoms with E-state index < -0.39 is 0 Å². The van der Waals surface area contributed by atoms with Crippen molar-refractivity contribution in [1.82, 2.24) is 0 Å². The SMILES string of the molecule is O=c1c2ccccc2[se]c2cc3c(cc12)Cc1c(cc(-c2ccco2)cc1N(c1ccccc1)c1ccccc1)C3. The third-order valence-corrected chi connectivity index (χ3v) is 10.4. The van der Waals surface area contributed by atoms with Gasteiger partial charge in [0.25, 0.3) is 0 Å². The zero-order valence-corrected chi connectivity index (χ0v) is 23.9. The third-order valence-electron chi connectivity index (χ3n) is 8.04. The molecule has 3 nitrogen and oxygen atoms in total. The van der Waals surface area contributed by atoms with Crippen LogP contribution in [0.15, 0.2) is 137 Å². The van der Waals surface area contributed by atoms with Gasteiger partial charge in [0.05, 0.1) is 0 Å². The van der Waals surface area contributed by atoms with Crippen LogP contribution in [0.25, 0.3) is 30.6 Å². The van der Waals surface area contributed by atoms with Crippen molar-refractivity contribution in [1.29, 1.82) is 0 Å². The van der Waals surface area contributed by atoms with Crippen molar-refractivity contribution >= 4 is 50.9 Å². The Morgan fingerprint density at radius 3 is 2.05 bits per heavy atom. The van der Waals surface area contributed by atoms with E-state index in [0.717, 1.165) is 52.0 Å². The summed E-state index contributed by atoms with van der Waals surface area (Å²) in [5.41, 5.74) is 9.70. The molecule has 0 atom stereocenters. The van der Waals surface area contributed by atoms with Crippen LogP contribution in [0, 0.1) is 0 Å². The van der Waals surface area contributed by atoms with Gasteiger partial charge in [-0.25, -0.2) is 0 Å². The number of furan rings is 1. The molecular formula is C37H25NO2Se. The molecule has 0 N–H and O–H groups in total. The fourth-order valence-corrected chi connectivity index (χ4v) is 8.45. The van der Waals surface area contributed by atoms with E-state index in [1.54, 1.807) is 6.26 Å². The fourth-order valence-electron chi connectivity index (χ4n) is 6.10. The minimum atomic E-state index is 0.119. The molecule has 1 aliphatic carbocycles. The fraction of sp³-hybridized carbons (Fsp3) is 0.0541. The molecule has 2 aromatic heterocycles. The Kier molecular flexibility index (Phi) is 5.77. The van der Waals surface area contributed by atoms with Gasteiger partial charge in [0.1, 0.15) is 0 Å².